The SMILES string of the molecule is CN=C(NCCc1cccs1)NCc1ccc(Cn2ccccc2=O)cc1. The van der Waals surface area contributed by atoms with Crippen LogP contribution in [0.25, 0.3) is 0 Å². The van der Waals surface area contributed by atoms with Crippen LogP contribution in [0.4, 0.5) is 0 Å². The molecule has 2 N–H and O–H groups in total. The molecule has 0 saturated carbocycles. The Morgan fingerprint density at radius 2 is 1.85 bits per heavy atom. The van der Waals surface area contributed by atoms with Crippen molar-refractivity contribution in [2.45, 2.75) is 19.5 Å². The molecule has 5 nitrogen and oxygen atoms in total. The van der Waals surface area contributed by atoms with Crippen LogP contribution in [0.5, 0.6) is 0 Å². The van der Waals surface area contributed by atoms with Crippen LogP contribution in [-0.4, -0.2) is 24.1 Å². The Morgan fingerprint density at radius 3 is 2.56 bits per heavy atom. The third-order valence-corrected chi connectivity index (χ3v) is 5.14. The van der Waals surface area contributed by atoms with Gasteiger partial charge in [0.1, 0.15) is 0 Å². The summed E-state index contributed by atoms with van der Waals surface area (Å²) in [6.45, 7) is 2.13. The van der Waals surface area contributed by atoms with Crippen LogP contribution in [0.1, 0.15) is 16.0 Å². The van der Waals surface area contributed by atoms with Crippen LogP contribution in [0.2, 0.25) is 0 Å². The van der Waals surface area contributed by atoms with Crippen molar-refractivity contribution in [3.63, 3.8) is 0 Å². The Hall–Kier alpha value is -2.86. The molecular formula is C21H24N4OS. The van der Waals surface area contributed by atoms with Gasteiger partial charge in [-0.15, -0.1) is 11.3 Å². The highest BCUT2D eigenvalue weighted by molar-refractivity contribution is 7.09. The van der Waals surface area contributed by atoms with E-state index in [1.165, 1.54) is 10.4 Å². The van der Waals surface area contributed by atoms with Crippen molar-refractivity contribution in [2.24, 2.45) is 4.99 Å². The number of rotatable bonds is 7. The highest BCUT2D eigenvalue weighted by Gasteiger charge is 2.01. The third kappa shape index (κ3) is 5.82. The van der Waals surface area contributed by atoms with Gasteiger partial charge in [-0.25, -0.2) is 0 Å². The second-order valence-corrected chi connectivity index (χ2v) is 7.20. The average molecular weight is 381 g/mol. The van der Waals surface area contributed by atoms with Gasteiger partial charge in [-0.3, -0.25) is 9.79 Å². The molecule has 0 aliphatic rings. The maximum absolute atomic E-state index is 11.8. The quantitative estimate of drug-likeness (QED) is 0.489. The van der Waals surface area contributed by atoms with Crippen LogP contribution in [0.15, 0.2) is 76.0 Å². The first-order chi connectivity index (χ1) is 13.2. The molecule has 0 fully saturated rings. The van der Waals surface area contributed by atoms with Gasteiger partial charge in [-0.2, -0.15) is 0 Å². The molecule has 0 amide bonds. The molecular weight excluding hydrogens is 356 g/mol. The topological polar surface area (TPSA) is 58.4 Å². The zero-order chi connectivity index (χ0) is 18.9. The van der Waals surface area contributed by atoms with Crippen LogP contribution in [-0.2, 0) is 19.5 Å². The first-order valence-electron chi connectivity index (χ1n) is 8.95. The third-order valence-electron chi connectivity index (χ3n) is 4.20. The van der Waals surface area contributed by atoms with Gasteiger partial charge < -0.3 is 15.2 Å². The fourth-order valence-electron chi connectivity index (χ4n) is 2.72. The smallest absolute Gasteiger partial charge is 0.250 e. The molecule has 0 atom stereocenters. The van der Waals surface area contributed by atoms with E-state index in [2.05, 4.69) is 57.4 Å². The maximum atomic E-state index is 11.8. The summed E-state index contributed by atoms with van der Waals surface area (Å²) in [6, 6.07) is 17.7. The first-order valence-corrected chi connectivity index (χ1v) is 9.83. The van der Waals surface area contributed by atoms with E-state index in [1.807, 2.05) is 12.3 Å². The second-order valence-electron chi connectivity index (χ2n) is 6.17. The molecule has 0 aliphatic carbocycles. The minimum atomic E-state index is 0.0145. The average Bonchev–Trinajstić information content (AvgIpc) is 3.21. The lowest BCUT2D eigenvalue weighted by molar-refractivity contribution is 0.758. The largest absolute Gasteiger partial charge is 0.356 e. The summed E-state index contributed by atoms with van der Waals surface area (Å²) in [4.78, 5) is 17.4. The van der Waals surface area contributed by atoms with Crippen molar-refractivity contribution < 1.29 is 0 Å². The molecule has 3 rings (SSSR count). The van der Waals surface area contributed by atoms with Crippen molar-refractivity contribution in [3.8, 4) is 0 Å². The van der Waals surface area contributed by atoms with E-state index in [0.29, 0.717) is 13.1 Å². The number of aromatic nitrogens is 1. The van der Waals surface area contributed by atoms with E-state index in [0.717, 1.165) is 24.5 Å². The lowest BCUT2D eigenvalue weighted by Gasteiger charge is -2.12. The molecule has 2 heterocycles. The number of hydrogen-bond donors (Lipinski definition) is 2. The normalized spacial score (nSPS) is 11.4. The number of nitrogens with one attached hydrogen (secondary N) is 2. The van der Waals surface area contributed by atoms with Crippen LogP contribution in [0, 0.1) is 0 Å². The summed E-state index contributed by atoms with van der Waals surface area (Å²) in [7, 11) is 1.78. The number of hydrogen-bond acceptors (Lipinski definition) is 3. The number of pyridine rings is 1. The van der Waals surface area contributed by atoms with Gasteiger partial charge >= 0.3 is 0 Å². The first kappa shape index (κ1) is 18.9. The Labute approximate surface area is 163 Å². The molecule has 0 spiro atoms. The van der Waals surface area contributed by atoms with E-state index in [-0.39, 0.29) is 5.56 Å². The predicted molar refractivity (Wildman–Crippen MR) is 112 cm³/mol. The van der Waals surface area contributed by atoms with Gasteiger partial charge in [-0.05, 0) is 35.1 Å². The molecule has 3 aromatic rings. The summed E-state index contributed by atoms with van der Waals surface area (Å²) in [5.74, 6) is 0.798. The maximum Gasteiger partial charge on any atom is 0.250 e. The number of thiophene rings is 1. The minimum Gasteiger partial charge on any atom is -0.356 e. The number of nitrogens with zero attached hydrogens (tertiary/aromatic N) is 2. The Morgan fingerprint density at radius 1 is 1.04 bits per heavy atom. The molecule has 27 heavy (non-hydrogen) atoms. The standard InChI is InChI=1S/C21H24N4OS/c1-22-21(23-12-11-19-5-4-14-27-19)24-15-17-7-9-18(10-8-17)16-25-13-3-2-6-20(25)26/h2-10,13-14H,11-12,15-16H2,1H3,(H2,22,23,24). The summed E-state index contributed by atoms with van der Waals surface area (Å²) < 4.78 is 1.70. The highest BCUT2D eigenvalue weighted by Crippen LogP contribution is 2.08. The number of benzene rings is 1. The van der Waals surface area contributed by atoms with Crippen LogP contribution in [0.3, 0.4) is 0 Å². The summed E-state index contributed by atoms with van der Waals surface area (Å²) in [5, 5.41) is 8.76. The highest BCUT2D eigenvalue weighted by atomic mass is 32.1. The van der Waals surface area contributed by atoms with E-state index in [4.69, 9.17) is 0 Å². The molecule has 6 heteroatoms. The van der Waals surface area contributed by atoms with Crippen molar-refractivity contribution in [3.05, 3.63) is 92.5 Å². The van der Waals surface area contributed by atoms with E-state index >= 15 is 0 Å². The van der Waals surface area contributed by atoms with Crippen molar-refractivity contribution in [1.29, 1.82) is 0 Å². The van der Waals surface area contributed by atoms with Gasteiger partial charge in [-0.1, -0.05) is 36.4 Å². The van der Waals surface area contributed by atoms with E-state index < -0.39 is 0 Å². The molecule has 0 aliphatic heterocycles. The Kier molecular flexibility index (Phi) is 6.82. The second kappa shape index (κ2) is 9.73. The summed E-state index contributed by atoms with van der Waals surface area (Å²) >= 11 is 1.77. The van der Waals surface area contributed by atoms with Gasteiger partial charge in [0.2, 0.25) is 0 Å². The number of guanidine groups is 1. The zero-order valence-corrected chi connectivity index (χ0v) is 16.2. The fraction of sp³-hybridized carbons (Fsp3) is 0.238. The Bertz CT molecular complexity index is 914. The molecule has 2 aromatic heterocycles. The molecule has 0 bridgehead atoms. The summed E-state index contributed by atoms with van der Waals surface area (Å²) in [6.07, 6.45) is 2.80. The molecule has 0 radical (unpaired) electrons. The fourth-order valence-corrected chi connectivity index (χ4v) is 3.42. The molecule has 0 unspecified atom stereocenters. The van der Waals surface area contributed by atoms with E-state index in [1.54, 1.807) is 35.1 Å². The number of aliphatic imine (C=N–C) groups is 1. The van der Waals surface area contributed by atoms with Crippen molar-refractivity contribution in [2.75, 3.05) is 13.6 Å². The molecule has 140 valence electrons. The molecule has 1 aromatic carbocycles. The van der Waals surface area contributed by atoms with Gasteiger partial charge in [0, 0.05) is 37.3 Å². The predicted octanol–water partition coefficient (Wildman–Crippen LogP) is 2.87. The van der Waals surface area contributed by atoms with Gasteiger partial charge in [0.25, 0.3) is 5.56 Å². The lowest BCUT2D eigenvalue weighted by Crippen LogP contribution is -2.37. The monoisotopic (exact) mass is 380 g/mol. The van der Waals surface area contributed by atoms with Crippen LogP contribution < -0.4 is 16.2 Å². The van der Waals surface area contributed by atoms with Gasteiger partial charge in [0.15, 0.2) is 5.96 Å². The van der Waals surface area contributed by atoms with Crippen molar-refractivity contribution in [1.82, 2.24) is 15.2 Å². The Balaban J connectivity index is 1.47. The summed E-state index contributed by atoms with van der Waals surface area (Å²) in [5.41, 5.74) is 2.28. The van der Waals surface area contributed by atoms with Crippen LogP contribution >= 0.6 is 11.3 Å². The van der Waals surface area contributed by atoms with Crippen molar-refractivity contribution >= 4 is 17.3 Å². The zero-order valence-electron chi connectivity index (χ0n) is 15.4. The minimum absolute atomic E-state index is 0.0145. The van der Waals surface area contributed by atoms with Gasteiger partial charge in [0.05, 0.1) is 6.54 Å². The molecule has 0 saturated heterocycles. The van der Waals surface area contributed by atoms with E-state index in [9.17, 15) is 4.79 Å². The lowest BCUT2D eigenvalue weighted by atomic mass is 10.1.